The molecule has 1 aliphatic rings. The van der Waals surface area contributed by atoms with Gasteiger partial charge in [-0.3, -0.25) is 4.79 Å². The van der Waals surface area contributed by atoms with Crippen molar-refractivity contribution in [1.82, 2.24) is 4.90 Å². The van der Waals surface area contributed by atoms with Crippen LogP contribution in [0.15, 0.2) is 18.2 Å². The van der Waals surface area contributed by atoms with E-state index in [9.17, 15) is 9.59 Å². The Kier molecular flexibility index (Phi) is 3.10. The van der Waals surface area contributed by atoms with Crippen LogP contribution in [0.1, 0.15) is 16.8 Å². The zero-order chi connectivity index (χ0) is 13.3. The van der Waals surface area contributed by atoms with Gasteiger partial charge in [0.25, 0.3) is 5.91 Å². The number of carboxylic acids is 1. The third-order valence-corrected chi connectivity index (χ3v) is 2.91. The highest BCUT2D eigenvalue weighted by molar-refractivity contribution is 5.93. The van der Waals surface area contributed by atoms with Crippen LogP contribution in [0, 0.1) is 0 Å². The Labute approximate surface area is 104 Å². The molecule has 6 heteroatoms. The van der Waals surface area contributed by atoms with E-state index in [2.05, 4.69) is 0 Å². The number of rotatable bonds is 3. The zero-order valence-corrected chi connectivity index (χ0v) is 9.92. The molecule has 1 heterocycles. The Bertz CT molecular complexity index is 501. The predicted molar refractivity (Wildman–Crippen MR) is 64.5 cm³/mol. The summed E-state index contributed by atoms with van der Waals surface area (Å²) in [5, 5.41) is 8.84. The van der Waals surface area contributed by atoms with Crippen molar-refractivity contribution in [2.45, 2.75) is 12.5 Å². The lowest BCUT2D eigenvalue weighted by atomic mass is 10.2. The maximum Gasteiger partial charge on any atom is 0.337 e. The molecule has 1 amide bonds. The van der Waals surface area contributed by atoms with Gasteiger partial charge in [-0.25, -0.2) is 4.79 Å². The minimum atomic E-state index is -1.09. The van der Waals surface area contributed by atoms with Crippen molar-refractivity contribution in [1.29, 1.82) is 0 Å². The van der Waals surface area contributed by atoms with Gasteiger partial charge in [0.15, 0.2) is 6.10 Å². The Hall–Kier alpha value is -2.24. The number of carbonyl (C=O) groups is 2. The van der Waals surface area contributed by atoms with Crippen molar-refractivity contribution < 1.29 is 19.4 Å². The summed E-state index contributed by atoms with van der Waals surface area (Å²) in [7, 11) is 1.72. The van der Waals surface area contributed by atoms with Gasteiger partial charge in [0, 0.05) is 31.8 Å². The number of nitrogens with two attached hydrogens (primary N) is 1. The summed E-state index contributed by atoms with van der Waals surface area (Å²) in [6.45, 7) is 0.659. The molecule has 0 bridgehead atoms. The number of hydrogen-bond donors (Lipinski definition) is 2. The molecule has 0 saturated carbocycles. The summed E-state index contributed by atoms with van der Waals surface area (Å²) in [4.78, 5) is 24.0. The molecule has 1 aromatic carbocycles. The van der Waals surface area contributed by atoms with Gasteiger partial charge in [0.05, 0.1) is 5.56 Å². The lowest BCUT2D eigenvalue weighted by Gasteiger charge is -2.13. The van der Waals surface area contributed by atoms with Crippen LogP contribution in [0.25, 0.3) is 0 Å². The van der Waals surface area contributed by atoms with E-state index >= 15 is 0 Å². The smallest absolute Gasteiger partial charge is 0.337 e. The molecule has 1 aromatic rings. The molecule has 1 unspecified atom stereocenters. The molecule has 0 spiro atoms. The van der Waals surface area contributed by atoms with Crippen LogP contribution in [0.5, 0.6) is 5.75 Å². The second kappa shape index (κ2) is 4.56. The molecule has 2 rings (SSSR count). The lowest BCUT2D eigenvalue weighted by molar-refractivity contribution is -0.132. The summed E-state index contributed by atoms with van der Waals surface area (Å²) < 4.78 is 5.51. The number of benzene rings is 1. The van der Waals surface area contributed by atoms with E-state index in [-0.39, 0.29) is 17.2 Å². The monoisotopic (exact) mass is 250 g/mol. The fourth-order valence-electron chi connectivity index (χ4n) is 1.87. The second-order valence-corrected chi connectivity index (χ2v) is 4.21. The highest BCUT2D eigenvalue weighted by Crippen LogP contribution is 2.23. The predicted octanol–water partition coefficient (Wildman–Crippen LogP) is 0.577. The van der Waals surface area contributed by atoms with E-state index in [1.54, 1.807) is 11.9 Å². The normalized spacial score (nSPS) is 19.1. The van der Waals surface area contributed by atoms with Gasteiger partial charge in [-0.2, -0.15) is 0 Å². The molecule has 0 radical (unpaired) electrons. The summed E-state index contributed by atoms with van der Waals surface area (Å²) in [5.41, 5.74) is 5.75. The zero-order valence-electron chi connectivity index (χ0n) is 9.92. The van der Waals surface area contributed by atoms with Gasteiger partial charge < -0.3 is 20.5 Å². The van der Waals surface area contributed by atoms with Gasteiger partial charge in [0.2, 0.25) is 0 Å². The molecule has 6 nitrogen and oxygen atoms in total. The van der Waals surface area contributed by atoms with Crippen molar-refractivity contribution >= 4 is 17.6 Å². The van der Waals surface area contributed by atoms with Gasteiger partial charge in [-0.1, -0.05) is 0 Å². The number of aromatic carboxylic acids is 1. The minimum absolute atomic E-state index is 0.0252. The number of carboxylic acid groups (broad SMARTS) is 1. The largest absolute Gasteiger partial charge is 0.480 e. The molecule has 1 saturated heterocycles. The number of anilines is 1. The number of likely N-dealkylation sites (tertiary alicyclic amines) is 1. The molecule has 3 N–H and O–H groups in total. The number of likely N-dealkylation sites (N-methyl/N-ethyl adjacent to an activating group) is 1. The van der Waals surface area contributed by atoms with E-state index in [4.69, 9.17) is 15.6 Å². The van der Waals surface area contributed by atoms with E-state index in [1.807, 2.05) is 0 Å². The summed E-state index contributed by atoms with van der Waals surface area (Å²) in [6, 6.07) is 4.30. The first-order valence-corrected chi connectivity index (χ1v) is 5.53. The first-order valence-electron chi connectivity index (χ1n) is 5.53. The fraction of sp³-hybridized carbons (Fsp3) is 0.333. The Morgan fingerprint density at radius 1 is 1.56 bits per heavy atom. The topological polar surface area (TPSA) is 92.9 Å². The van der Waals surface area contributed by atoms with Crippen LogP contribution in [-0.2, 0) is 4.79 Å². The quantitative estimate of drug-likeness (QED) is 0.765. The highest BCUT2D eigenvalue weighted by atomic mass is 16.5. The van der Waals surface area contributed by atoms with Crippen LogP contribution in [0.3, 0.4) is 0 Å². The molecule has 0 aromatic heterocycles. The maximum absolute atomic E-state index is 11.6. The fourth-order valence-corrected chi connectivity index (χ4v) is 1.87. The lowest BCUT2D eigenvalue weighted by Crippen LogP contribution is -2.29. The summed E-state index contributed by atoms with van der Waals surface area (Å²) >= 11 is 0. The number of amides is 1. The SMILES string of the molecule is CN1CCC(Oc2ccc(C(=O)O)c(N)c2)C1=O. The first-order chi connectivity index (χ1) is 8.49. The number of nitrogen functional groups attached to an aromatic ring is 1. The summed E-state index contributed by atoms with van der Waals surface area (Å²) in [5.74, 6) is -0.752. The van der Waals surface area contributed by atoms with Crippen molar-refractivity contribution in [3.05, 3.63) is 23.8 Å². The molecular formula is C12H14N2O4. The van der Waals surface area contributed by atoms with Crippen molar-refractivity contribution in [2.75, 3.05) is 19.3 Å². The molecule has 18 heavy (non-hydrogen) atoms. The van der Waals surface area contributed by atoms with Crippen molar-refractivity contribution in [3.8, 4) is 5.75 Å². The molecule has 0 aliphatic carbocycles. The van der Waals surface area contributed by atoms with Crippen LogP contribution < -0.4 is 10.5 Å². The van der Waals surface area contributed by atoms with Crippen LogP contribution in [-0.4, -0.2) is 41.6 Å². The Balaban J connectivity index is 2.14. The number of nitrogens with zero attached hydrogens (tertiary/aromatic N) is 1. The molecule has 1 aliphatic heterocycles. The molecular weight excluding hydrogens is 236 g/mol. The van der Waals surface area contributed by atoms with Gasteiger partial charge >= 0.3 is 5.97 Å². The third kappa shape index (κ3) is 2.22. The average Bonchev–Trinajstić information content (AvgIpc) is 2.61. The van der Waals surface area contributed by atoms with Crippen molar-refractivity contribution in [2.24, 2.45) is 0 Å². The standard InChI is InChI=1S/C12H14N2O4/c1-14-5-4-10(11(14)15)18-7-2-3-8(12(16)17)9(13)6-7/h2-3,6,10H,4-5,13H2,1H3,(H,16,17). The molecule has 1 atom stereocenters. The summed E-state index contributed by atoms with van der Waals surface area (Å²) in [6.07, 6.45) is 0.112. The number of carbonyl (C=O) groups excluding carboxylic acids is 1. The third-order valence-electron chi connectivity index (χ3n) is 2.91. The van der Waals surface area contributed by atoms with Crippen LogP contribution in [0.4, 0.5) is 5.69 Å². The number of hydrogen-bond acceptors (Lipinski definition) is 4. The van der Waals surface area contributed by atoms with E-state index in [1.165, 1.54) is 18.2 Å². The van der Waals surface area contributed by atoms with E-state index < -0.39 is 12.1 Å². The first kappa shape index (κ1) is 12.2. The minimum Gasteiger partial charge on any atom is -0.480 e. The highest BCUT2D eigenvalue weighted by Gasteiger charge is 2.30. The molecule has 1 fully saturated rings. The van der Waals surface area contributed by atoms with Gasteiger partial charge in [-0.05, 0) is 12.1 Å². The van der Waals surface area contributed by atoms with Crippen LogP contribution >= 0.6 is 0 Å². The van der Waals surface area contributed by atoms with Gasteiger partial charge in [0.1, 0.15) is 5.75 Å². The van der Waals surface area contributed by atoms with Crippen molar-refractivity contribution in [3.63, 3.8) is 0 Å². The van der Waals surface area contributed by atoms with E-state index in [0.717, 1.165) is 0 Å². The Morgan fingerprint density at radius 2 is 2.28 bits per heavy atom. The Morgan fingerprint density at radius 3 is 2.78 bits per heavy atom. The second-order valence-electron chi connectivity index (χ2n) is 4.21. The van der Waals surface area contributed by atoms with Gasteiger partial charge in [-0.15, -0.1) is 0 Å². The van der Waals surface area contributed by atoms with E-state index in [0.29, 0.717) is 18.7 Å². The average molecular weight is 250 g/mol. The van der Waals surface area contributed by atoms with Crippen LogP contribution in [0.2, 0.25) is 0 Å². The number of ether oxygens (including phenoxy) is 1. The maximum atomic E-state index is 11.6. The molecule has 96 valence electrons.